The highest BCUT2D eigenvalue weighted by Crippen LogP contribution is 2.41. The number of methoxy groups -OCH3 is 1. The first-order chi connectivity index (χ1) is 13.2. The molecule has 0 spiro atoms. The van der Waals surface area contributed by atoms with Crippen molar-refractivity contribution in [3.8, 4) is 5.75 Å². The second kappa shape index (κ2) is 7.97. The summed E-state index contributed by atoms with van der Waals surface area (Å²) in [6.45, 7) is 5.23. The Morgan fingerprint density at radius 1 is 1.33 bits per heavy atom. The molecule has 0 saturated carbocycles. The van der Waals surface area contributed by atoms with Crippen LogP contribution in [0.25, 0.3) is 10.9 Å². The monoisotopic (exact) mass is 368 g/mol. The molecule has 4 unspecified atom stereocenters. The van der Waals surface area contributed by atoms with Crippen LogP contribution in [0.4, 0.5) is 0 Å². The molecule has 4 heterocycles. The van der Waals surface area contributed by atoms with Crippen LogP contribution in [0.2, 0.25) is 0 Å². The molecule has 4 atom stereocenters. The molecule has 5 heteroatoms. The van der Waals surface area contributed by atoms with Crippen molar-refractivity contribution in [2.24, 2.45) is 5.92 Å². The van der Waals surface area contributed by atoms with Crippen molar-refractivity contribution >= 4 is 10.9 Å². The van der Waals surface area contributed by atoms with E-state index in [-0.39, 0.29) is 6.04 Å². The van der Waals surface area contributed by atoms with Gasteiger partial charge in [-0.05, 0) is 62.1 Å². The maximum absolute atomic E-state index is 11.3. The van der Waals surface area contributed by atoms with Crippen LogP contribution in [0, 0.1) is 5.92 Å². The summed E-state index contributed by atoms with van der Waals surface area (Å²) in [5.74, 6) is 1.39. The fourth-order valence-electron chi connectivity index (χ4n) is 4.54. The van der Waals surface area contributed by atoms with E-state index < -0.39 is 6.10 Å². The third-order valence-electron chi connectivity index (χ3n) is 6.03. The van der Waals surface area contributed by atoms with E-state index >= 15 is 0 Å². The van der Waals surface area contributed by atoms with Crippen LogP contribution in [0.15, 0.2) is 42.1 Å². The predicted molar refractivity (Wildman–Crippen MR) is 106 cm³/mol. The molecule has 1 aromatic carbocycles. The molecule has 3 aliphatic heterocycles. The highest BCUT2D eigenvalue weighted by molar-refractivity contribution is 5.84. The number of aliphatic hydroxyl groups is 1. The first-order valence-electron chi connectivity index (χ1n) is 9.79. The molecule has 5 rings (SSSR count). The minimum absolute atomic E-state index is 0.163. The number of nitrogens with zero attached hydrogens (tertiary/aromatic N) is 2. The summed E-state index contributed by atoms with van der Waals surface area (Å²) in [4.78, 5) is 6.90. The SMILES string of the molecule is C/C=C1\CN2CCC1CC2C(O)c1ccnc2ccc(OCCOC)cc12. The second-order valence-electron chi connectivity index (χ2n) is 7.49. The highest BCUT2D eigenvalue weighted by Gasteiger charge is 2.40. The first kappa shape index (κ1) is 18.4. The molecule has 1 aromatic heterocycles. The quantitative estimate of drug-likeness (QED) is 0.626. The van der Waals surface area contributed by atoms with Crippen molar-refractivity contribution in [2.45, 2.75) is 31.9 Å². The topological polar surface area (TPSA) is 54.8 Å². The van der Waals surface area contributed by atoms with Gasteiger partial charge in [-0.3, -0.25) is 9.88 Å². The molecule has 1 N–H and O–H groups in total. The summed E-state index contributed by atoms with van der Waals surface area (Å²) in [6, 6.07) is 7.98. The average Bonchev–Trinajstić information content (AvgIpc) is 2.73. The number of pyridine rings is 1. The second-order valence-corrected chi connectivity index (χ2v) is 7.49. The maximum Gasteiger partial charge on any atom is 0.120 e. The molecular formula is C22H28N2O3. The van der Waals surface area contributed by atoms with Gasteiger partial charge in [0.1, 0.15) is 12.4 Å². The van der Waals surface area contributed by atoms with E-state index in [4.69, 9.17) is 9.47 Å². The number of aromatic nitrogens is 1. The number of fused-ring (bicyclic) bond motifs is 4. The summed E-state index contributed by atoms with van der Waals surface area (Å²) in [6.07, 6.45) is 5.75. The Labute approximate surface area is 160 Å². The van der Waals surface area contributed by atoms with Crippen LogP contribution in [-0.4, -0.2) is 54.4 Å². The summed E-state index contributed by atoms with van der Waals surface area (Å²) < 4.78 is 10.8. The molecule has 5 nitrogen and oxygen atoms in total. The van der Waals surface area contributed by atoms with Gasteiger partial charge in [0.15, 0.2) is 0 Å². The Hall–Kier alpha value is -1.95. The maximum atomic E-state index is 11.3. The lowest BCUT2D eigenvalue weighted by atomic mass is 9.76. The Kier molecular flexibility index (Phi) is 5.43. The number of piperidine rings is 3. The van der Waals surface area contributed by atoms with Crippen LogP contribution < -0.4 is 4.74 Å². The fourth-order valence-corrected chi connectivity index (χ4v) is 4.54. The summed E-state index contributed by atoms with van der Waals surface area (Å²) >= 11 is 0. The summed E-state index contributed by atoms with van der Waals surface area (Å²) in [5, 5.41) is 12.2. The fraction of sp³-hybridized carbons (Fsp3) is 0.500. The largest absolute Gasteiger partial charge is 0.491 e. The molecule has 27 heavy (non-hydrogen) atoms. The lowest BCUT2D eigenvalue weighted by Gasteiger charge is -2.48. The van der Waals surface area contributed by atoms with Crippen molar-refractivity contribution in [3.05, 3.63) is 47.7 Å². The van der Waals surface area contributed by atoms with Crippen LogP contribution in [0.5, 0.6) is 5.75 Å². The van der Waals surface area contributed by atoms with E-state index in [1.54, 1.807) is 13.3 Å². The summed E-state index contributed by atoms with van der Waals surface area (Å²) in [5.41, 5.74) is 3.35. The van der Waals surface area contributed by atoms with Crippen molar-refractivity contribution in [1.29, 1.82) is 0 Å². The molecule has 2 aromatic rings. The van der Waals surface area contributed by atoms with Crippen LogP contribution in [-0.2, 0) is 4.74 Å². The van der Waals surface area contributed by atoms with Crippen molar-refractivity contribution < 1.29 is 14.6 Å². The van der Waals surface area contributed by atoms with Crippen molar-refractivity contribution in [3.63, 3.8) is 0 Å². The molecule has 3 fully saturated rings. The Bertz CT molecular complexity index is 835. The molecular weight excluding hydrogens is 340 g/mol. The summed E-state index contributed by atoms with van der Waals surface area (Å²) in [7, 11) is 1.66. The standard InChI is InChI=1S/C22H28N2O3/c1-3-15-14-24-9-7-16(15)12-21(24)22(25)18-6-8-23-20-5-4-17(13-19(18)20)27-11-10-26-2/h3-6,8,13,16,21-22,25H,7,9-12,14H2,1-2H3/b15-3+. The number of rotatable bonds is 6. The molecule has 0 amide bonds. The number of benzene rings is 1. The van der Waals surface area contributed by atoms with Crippen LogP contribution in [0.1, 0.15) is 31.4 Å². The minimum atomic E-state index is -0.522. The third kappa shape index (κ3) is 3.59. The predicted octanol–water partition coefficient (Wildman–Crippen LogP) is 3.33. The van der Waals surface area contributed by atoms with Gasteiger partial charge in [-0.15, -0.1) is 0 Å². The Balaban J connectivity index is 1.61. The van der Waals surface area contributed by atoms with E-state index in [1.807, 2.05) is 24.3 Å². The first-order valence-corrected chi connectivity index (χ1v) is 9.79. The lowest BCUT2D eigenvalue weighted by molar-refractivity contribution is -0.00340. The van der Waals surface area contributed by atoms with Crippen molar-refractivity contribution in [2.75, 3.05) is 33.4 Å². The minimum Gasteiger partial charge on any atom is -0.491 e. The number of aliphatic hydroxyl groups excluding tert-OH is 1. The van der Waals surface area contributed by atoms with E-state index in [0.29, 0.717) is 19.1 Å². The van der Waals surface area contributed by atoms with Gasteiger partial charge in [0.2, 0.25) is 0 Å². The highest BCUT2D eigenvalue weighted by atomic mass is 16.5. The normalized spacial score (nSPS) is 27.2. The molecule has 0 aliphatic carbocycles. The van der Waals surface area contributed by atoms with E-state index in [1.165, 1.54) is 12.0 Å². The van der Waals surface area contributed by atoms with Gasteiger partial charge in [-0.2, -0.15) is 0 Å². The smallest absolute Gasteiger partial charge is 0.120 e. The van der Waals surface area contributed by atoms with Gasteiger partial charge < -0.3 is 14.6 Å². The number of hydrogen-bond acceptors (Lipinski definition) is 5. The molecule has 3 aliphatic rings. The van der Waals surface area contributed by atoms with E-state index in [2.05, 4.69) is 22.9 Å². The van der Waals surface area contributed by atoms with E-state index in [9.17, 15) is 5.11 Å². The Morgan fingerprint density at radius 2 is 2.22 bits per heavy atom. The zero-order chi connectivity index (χ0) is 18.8. The Morgan fingerprint density at radius 3 is 2.96 bits per heavy atom. The van der Waals surface area contributed by atoms with Gasteiger partial charge in [0, 0.05) is 31.3 Å². The van der Waals surface area contributed by atoms with Gasteiger partial charge in [0.05, 0.1) is 18.2 Å². The molecule has 2 bridgehead atoms. The van der Waals surface area contributed by atoms with Crippen LogP contribution >= 0.6 is 0 Å². The van der Waals surface area contributed by atoms with Gasteiger partial charge in [0.25, 0.3) is 0 Å². The average molecular weight is 368 g/mol. The molecule has 3 saturated heterocycles. The van der Waals surface area contributed by atoms with Crippen LogP contribution in [0.3, 0.4) is 0 Å². The lowest BCUT2D eigenvalue weighted by Crippen LogP contribution is -2.52. The zero-order valence-electron chi connectivity index (χ0n) is 16.1. The van der Waals surface area contributed by atoms with Crippen molar-refractivity contribution in [1.82, 2.24) is 9.88 Å². The van der Waals surface area contributed by atoms with Gasteiger partial charge in [-0.1, -0.05) is 11.6 Å². The third-order valence-corrected chi connectivity index (χ3v) is 6.03. The van der Waals surface area contributed by atoms with Gasteiger partial charge >= 0.3 is 0 Å². The zero-order valence-corrected chi connectivity index (χ0v) is 16.1. The number of ether oxygens (including phenoxy) is 2. The van der Waals surface area contributed by atoms with E-state index in [0.717, 1.165) is 41.7 Å². The molecule has 0 radical (unpaired) electrons. The number of hydrogen-bond donors (Lipinski definition) is 1. The number of allylic oxidation sites excluding steroid dienone is 1. The molecule has 144 valence electrons. The van der Waals surface area contributed by atoms with Gasteiger partial charge in [-0.25, -0.2) is 0 Å².